The van der Waals surface area contributed by atoms with E-state index in [1.807, 2.05) is 6.07 Å². The standard InChI is InChI=1S/C15H19BrO2/c1-11-9-12(16)3-4-14(11)18-13-5-8-17-15(10-13)6-2-7-15/h3-4,9,13H,2,5-8,10H2,1H3. The third kappa shape index (κ3) is 2.43. The van der Waals surface area contributed by atoms with E-state index in [1.54, 1.807) is 0 Å². The van der Waals surface area contributed by atoms with Crippen molar-refractivity contribution in [3.05, 3.63) is 28.2 Å². The van der Waals surface area contributed by atoms with Crippen LogP contribution in [0.5, 0.6) is 5.75 Å². The van der Waals surface area contributed by atoms with Gasteiger partial charge in [-0.25, -0.2) is 0 Å². The molecule has 1 aliphatic heterocycles. The molecule has 0 bridgehead atoms. The minimum atomic E-state index is 0.159. The molecule has 1 heterocycles. The van der Waals surface area contributed by atoms with Gasteiger partial charge >= 0.3 is 0 Å². The fourth-order valence-corrected chi connectivity index (χ4v) is 3.40. The van der Waals surface area contributed by atoms with E-state index < -0.39 is 0 Å². The molecule has 0 amide bonds. The third-order valence-electron chi connectivity index (χ3n) is 4.14. The van der Waals surface area contributed by atoms with Crippen molar-refractivity contribution in [2.24, 2.45) is 0 Å². The van der Waals surface area contributed by atoms with E-state index in [1.165, 1.54) is 24.8 Å². The molecule has 1 saturated carbocycles. The van der Waals surface area contributed by atoms with Gasteiger partial charge in [0, 0.05) is 17.3 Å². The van der Waals surface area contributed by atoms with Crippen molar-refractivity contribution in [3.8, 4) is 5.75 Å². The second-order valence-corrected chi connectivity index (χ2v) is 6.44. The number of hydrogen-bond acceptors (Lipinski definition) is 2. The van der Waals surface area contributed by atoms with Crippen LogP contribution < -0.4 is 4.74 Å². The predicted molar refractivity (Wildman–Crippen MR) is 75.1 cm³/mol. The first kappa shape index (κ1) is 12.5. The monoisotopic (exact) mass is 310 g/mol. The molecule has 1 aromatic carbocycles. The summed E-state index contributed by atoms with van der Waals surface area (Å²) in [4.78, 5) is 0. The van der Waals surface area contributed by atoms with Gasteiger partial charge < -0.3 is 9.47 Å². The number of aryl methyl sites for hydroxylation is 1. The predicted octanol–water partition coefficient (Wildman–Crippen LogP) is 4.24. The van der Waals surface area contributed by atoms with E-state index in [-0.39, 0.29) is 5.60 Å². The van der Waals surface area contributed by atoms with Crippen LogP contribution in [0.1, 0.15) is 37.7 Å². The average Bonchev–Trinajstić information content (AvgIpc) is 2.31. The minimum absolute atomic E-state index is 0.159. The van der Waals surface area contributed by atoms with Crippen LogP contribution in [-0.4, -0.2) is 18.3 Å². The molecule has 0 radical (unpaired) electrons. The Balaban J connectivity index is 1.68. The van der Waals surface area contributed by atoms with Crippen LogP contribution in [0.4, 0.5) is 0 Å². The number of hydrogen-bond donors (Lipinski definition) is 0. The lowest BCUT2D eigenvalue weighted by Crippen LogP contribution is -2.48. The number of ether oxygens (including phenoxy) is 2. The zero-order chi connectivity index (χ0) is 12.6. The summed E-state index contributed by atoms with van der Waals surface area (Å²) in [5.41, 5.74) is 1.35. The van der Waals surface area contributed by atoms with Gasteiger partial charge in [-0.05, 0) is 49.9 Å². The largest absolute Gasteiger partial charge is 0.490 e. The maximum Gasteiger partial charge on any atom is 0.122 e. The smallest absolute Gasteiger partial charge is 0.122 e. The van der Waals surface area contributed by atoms with Crippen molar-refractivity contribution in [1.82, 2.24) is 0 Å². The minimum Gasteiger partial charge on any atom is -0.490 e. The van der Waals surface area contributed by atoms with Crippen LogP contribution >= 0.6 is 15.9 Å². The van der Waals surface area contributed by atoms with Crippen LogP contribution in [0.2, 0.25) is 0 Å². The van der Waals surface area contributed by atoms with Crippen LogP contribution in [0.3, 0.4) is 0 Å². The van der Waals surface area contributed by atoms with E-state index in [2.05, 4.69) is 35.0 Å². The van der Waals surface area contributed by atoms with Gasteiger partial charge in [0.15, 0.2) is 0 Å². The molecule has 1 saturated heterocycles. The van der Waals surface area contributed by atoms with Crippen LogP contribution in [0, 0.1) is 6.92 Å². The highest BCUT2D eigenvalue weighted by Crippen LogP contribution is 2.43. The first-order valence-electron chi connectivity index (χ1n) is 6.74. The summed E-state index contributed by atoms with van der Waals surface area (Å²) in [5, 5.41) is 0. The van der Waals surface area contributed by atoms with Gasteiger partial charge in [0.1, 0.15) is 11.9 Å². The average molecular weight is 311 g/mol. The number of rotatable bonds is 2. The summed E-state index contributed by atoms with van der Waals surface area (Å²) in [6.45, 7) is 2.94. The Hall–Kier alpha value is -0.540. The van der Waals surface area contributed by atoms with E-state index in [9.17, 15) is 0 Å². The van der Waals surface area contributed by atoms with Crippen LogP contribution in [-0.2, 0) is 4.74 Å². The maximum atomic E-state index is 6.17. The Labute approximate surface area is 117 Å². The van der Waals surface area contributed by atoms with Gasteiger partial charge in [-0.2, -0.15) is 0 Å². The summed E-state index contributed by atoms with van der Waals surface area (Å²) in [7, 11) is 0. The topological polar surface area (TPSA) is 18.5 Å². The molecule has 1 unspecified atom stereocenters. The molecule has 1 spiro atoms. The van der Waals surface area contributed by atoms with Gasteiger partial charge in [0.2, 0.25) is 0 Å². The van der Waals surface area contributed by atoms with Crippen molar-refractivity contribution in [3.63, 3.8) is 0 Å². The fourth-order valence-electron chi connectivity index (χ4n) is 2.93. The SMILES string of the molecule is Cc1cc(Br)ccc1OC1CCOC2(CCC2)C1. The molecule has 0 N–H and O–H groups in total. The highest BCUT2D eigenvalue weighted by molar-refractivity contribution is 9.10. The fraction of sp³-hybridized carbons (Fsp3) is 0.600. The molecule has 0 aromatic heterocycles. The molecule has 3 heteroatoms. The summed E-state index contributed by atoms with van der Waals surface area (Å²) < 4.78 is 13.2. The van der Waals surface area contributed by atoms with Crippen molar-refractivity contribution in [2.45, 2.75) is 50.7 Å². The van der Waals surface area contributed by atoms with Crippen LogP contribution in [0.15, 0.2) is 22.7 Å². The molecular formula is C15H19BrO2. The molecule has 3 rings (SSSR count). The van der Waals surface area contributed by atoms with Crippen molar-refractivity contribution in [1.29, 1.82) is 0 Å². The van der Waals surface area contributed by atoms with Crippen LogP contribution in [0.25, 0.3) is 0 Å². The lowest BCUT2D eigenvalue weighted by atomic mass is 9.74. The molecule has 2 aliphatic rings. The maximum absolute atomic E-state index is 6.17. The van der Waals surface area contributed by atoms with E-state index in [4.69, 9.17) is 9.47 Å². The normalized spacial score (nSPS) is 25.8. The van der Waals surface area contributed by atoms with E-state index in [0.717, 1.165) is 29.7 Å². The second kappa shape index (κ2) is 4.86. The Kier molecular flexibility index (Phi) is 3.37. The van der Waals surface area contributed by atoms with Crippen molar-refractivity contribution < 1.29 is 9.47 Å². The Morgan fingerprint density at radius 1 is 1.39 bits per heavy atom. The first-order chi connectivity index (χ1) is 8.67. The van der Waals surface area contributed by atoms with Gasteiger partial charge in [0.25, 0.3) is 0 Å². The lowest BCUT2D eigenvalue weighted by Gasteiger charge is -2.47. The van der Waals surface area contributed by atoms with Crippen molar-refractivity contribution in [2.75, 3.05) is 6.61 Å². The summed E-state index contributed by atoms with van der Waals surface area (Å²) in [6.07, 6.45) is 6.13. The first-order valence-corrected chi connectivity index (χ1v) is 7.53. The van der Waals surface area contributed by atoms with Crippen molar-refractivity contribution >= 4 is 15.9 Å². The summed E-state index contributed by atoms with van der Waals surface area (Å²) >= 11 is 3.48. The number of benzene rings is 1. The molecule has 98 valence electrons. The highest BCUT2D eigenvalue weighted by atomic mass is 79.9. The Morgan fingerprint density at radius 3 is 2.89 bits per heavy atom. The Morgan fingerprint density at radius 2 is 2.22 bits per heavy atom. The third-order valence-corrected chi connectivity index (χ3v) is 4.64. The quantitative estimate of drug-likeness (QED) is 0.813. The van der Waals surface area contributed by atoms with E-state index >= 15 is 0 Å². The molecular weight excluding hydrogens is 292 g/mol. The van der Waals surface area contributed by atoms with E-state index in [0.29, 0.717) is 6.10 Å². The lowest BCUT2D eigenvalue weighted by molar-refractivity contribution is -0.153. The zero-order valence-electron chi connectivity index (χ0n) is 10.7. The highest BCUT2D eigenvalue weighted by Gasteiger charge is 2.43. The molecule has 2 nitrogen and oxygen atoms in total. The summed E-state index contributed by atoms with van der Waals surface area (Å²) in [5.74, 6) is 1.01. The molecule has 1 atom stereocenters. The van der Waals surface area contributed by atoms with Gasteiger partial charge in [0.05, 0.1) is 12.2 Å². The second-order valence-electron chi connectivity index (χ2n) is 5.53. The molecule has 1 aliphatic carbocycles. The summed E-state index contributed by atoms with van der Waals surface area (Å²) in [6, 6.07) is 6.21. The van der Waals surface area contributed by atoms with Gasteiger partial charge in [-0.1, -0.05) is 15.9 Å². The zero-order valence-corrected chi connectivity index (χ0v) is 12.3. The molecule has 18 heavy (non-hydrogen) atoms. The molecule has 2 fully saturated rings. The molecule has 1 aromatic rings. The van der Waals surface area contributed by atoms with Gasteiger partial charge in [-0.15, -0.1) is 0 Å². The Bertz CT molecular complexity index is 440. The number of halogens is 1. The van der Waals surface area contributed by atoms with Gasteiger partial charge in [-0.3, -0.25) is 0 Å².